The van der Waals surface area contributed by atoms with Gasteiger partial charge >= 0.3 is 0 Å². The Hall–Kier alpha value is -3.18. The van der Waals surface area contributed by atoms with E-state index in [4.69, 9.17) is 5.73 Å². The second kappa shape index (κ2) is 9.15. The Morgan fingerprint density at radius 1 is 1.11 bits per heavy atom. The summed E-state index contributed by atoms with van der Waals surface area (Å²) < 4.78 is 0. The van der Waals surface area contributed by atoms with Crippen molar-refractivity contribution in [2.45, 2.75) is 26.8 Å². The number of para-hydroxylation sites is 2. The minimum absolute atomic E-state index is 0.188. The smallest absolute Gasteiger partial charge is 0.255 e. The van der Waals surface area contributed by atoms with E-state index in [1.807, 2.05) is 42.6 Å². The Bertz CT molecular complexity index is 951. The van der Waals surface area contributed by atoms with Crippen LogP contribution in [0.5, 0.6) is 0 Å². The molecular formula is C23H26N4O. The fraction of sp³-hybridized carbons (Fsp3) is 0.217. The van der Waals surface area contributed by atoms with Gasteiger partial charge in [0, 0.05) is 23.9 Å². The lowest BCUT2D eigenvalue weighted by molar-refractivity contribution is 0.102. The first-order valence-corrected chi connectivity index (χ1v) is 9.51. The van der Waals surface area contributed by atoms with Crippen LogP contribution < -0.4 is 16.4 Å². The number of carbonyl (C=O) groups is 1. The normalized spacial score (nSPS) is 10.6. The fourth-order valence-corrected chi connectivity index (χ4v) is 3.03. The minimum Gasteiger partial charge on any atom is -0.397 e. The van der Waals surface area contributed by atoms with Gasteiger partial charge in [0.15, 0.2) is 0 Å². The highest BCUT2D eigenvalue weighted by Gasteiger charge is 2.10. The average molecular weight is 374 g/mol. The molecule has 0 aliphatic rings. The molecule has 28 heavy (non-hydrogen) atoms. The molecule has 0 saturated carbocycles. The average Bonchev–Trinajstić information content (AvgIpc) is 2.70. The first-order valence-electron chi connectivity index (χ1n) is 9.51. The van der Waals surface area contributed by atoms with E-state index in [-0.39, 0.29) is 5.91 Å². The number of aryl methyl sites for hydroxylation is 1. The van der Waals surface area contributed by atoms with Gasteiger partial charge in [-0.3, -0.25) is 9.78 Å². The molecule has 1 heterocycles. The fourth-order valence-electron chi connectivity index (χ4n) is 3.03. The zero-order chi connectivity index (χ0) is 19.9. The lowest BCUT2D eigenvalue weighted by Crippen LogP contribution is -2.14. The van der Waals surface area contributed by atoms with Crippen molar-refractivity contribution in [2.75, 3.05) is 17.6 Å². The molecule has 0 spiro atoms. The van der Waals surface area contributed by atoms with Gasteiger partial charge in [0.25, 0.3) is 5.91 Å². The number of nitrogens with two attached hydrogens (primary N) is 1. The molecule has 0 aliphatic carbocycles. The Morgan fingerprint density at radius 2 is 1.86 bits per heavy atom. The molecule has 144 valence electrons. The summed E-state index contributed by atoms with van der Waals surface area (Å²) in [5.41, 5.74) is 11.8. The van der Waals surface area contributed by atoms with E-state index in [1.54, 1.807) is 12.1 Å². The second-order valence-corrected chi connectivity index (χ2v) is 6.80. The Kier molecular flexibility index (Phi) is 6.40. The zero-order valence-electron chi connectivity index (χ0n) is 16.3. The third-order valence-corrected chi connectivity index (χ3v) is 4.52. The van der Waals surface area contributed by atoms with Gasteiger partial charge in [-0.15, -0.1) is 0 Å². The number of benzene rings is 2. The molecule has 0 saturated heterocycles. The molecule has 0 aliphatic heterocycles. The zero-order valence-corrected chi connectivity index (χ0v) is 16.3. The largest absolute Gasteiger partial charge is 0.397 e. The number of nitrogens with zero attached hydrogens (tertiary/aromatic N) is 1. The van der Waals surface area contributed by atoms with Gasteiger partial charge in [0.05, 0.1) is 17.1 Å². The van der Waals surface area contributed by atoms with Crippen molar-refractivity contribution in [2.24, 2.45) is 0 Å². The quantitative estimate of drug-likeness (QED) is 0.423. The SMILES string of the molecule is CCCNCc1cnc(-c2ccc(C(=O)Nc3ccccc3N)cc2)c(C)c1. The van der Waals surface area contributed by atoms with Crippen LogP contribution in [0.15, 0.2) is 60.8 Å². The molecule has 0 fully saturated rings. The number of carbonyl (C=O) groups excluding carboxylic acids is 1. The van der Waals surface area contributed by atoms with Crippen LogP contribution in [-0.2, 0) is 6.54 Å². The molecule has 0 radical (unpaired) electrons. The van der Waals surface area contributed by atoms with Gasteiger partial charge in [0.1, 0.15) is 0 Å². The van der Waals surface area contributed by atoms with Crippen LogP contribution in [-0.4, -0.2) is 17.4 Å². The van der Waals surface area contributed by atoms with Crippen molar-refractivity contribution in [1.29, 1.82) is 0 Å². The second-order valence-electron chi connectivity index (χ2n) is 6.80. The van der Waals surface area contributed by atoms with Crippen LogP contribution in [0.3, 0.4) is 0 Å². The molecular weight excluding hydrogens is 348 g/mol. The number of rotatable bonds is 7. The first-order chi connectivity index (χ1) is 13.6. The Morgan fingerprint density at radius 3 is 2.54 bits per heavy atom. The predicted octanol–water partition coefficient (Wildman–Crippen LogP) is 4.39. The molecule has 0 bridgehead atoms. The van der Waals surface area contributed by atoms with Crippen LogP contribution in [0.25, 0.3) is 11.3 Å². The highest BCUT2D eigenvalue weighted by molar-refractivity contribution is 6.05. The predicted molar refractivity (Wildman–Crippen MR) is 115 cm³/mol. The van der Waals surface area contributed by atoms with E-state index in [0.29, 0.717) is 16.9 Å². The summed E-state index contributed by atoms with van der Waals surface area (Å²) in [4.78, 5) is 17.1. The maximum absolute atomic E-state index is 12.5. The maximum atomic E-state index is 12.5. The van der Waals surface area contributed by atoms with Crippen molar-refractivity contribution in [3.8, 4) is 11.3 Å². The third kappa shape index (κ3) is 4.75. The third-order valence-electron chi connectivity index (χ3n) is 4.52. The summed E-state index contributed by atoms with van der Waals surface area (Å²) in [5, 5.41) is 6.23. The summed E-state index contributed by atoms with van der Waals surface area (Å²) >= 11 is 0. The van der Waals surface area contributed by atoms with Crippen LogP contribution in [0.4, 0.5) is 11.4 Å². The van der Waals surface area contributed by atoms with E-state index < -0.39 is 0 Å². The number of aromatic nitrogens is 1. The number of nitrogen functional groups attached to an aromatic ring is 1. The highest BCUT2D eigenvalue weighted by Crippen LogP contribution is 2.23. The van der Waals surface area contributed by atoms with E-state index >= 15 is 0 Å². The highest BCUT2D eigenvalue weighted by atomic mass is 16.1. The first kappa shape index (κ1) is 19.6. The molecule has 5 heteroatoms. The lowest BCUT2D eigenvalue weighted by Gasteiger charge is -2.10. The molecule has 0 unspecified atom stereocenters. The molecule has 3 aromatic rings. The molecule has 2 aromatic carbocycles. The topological polar surface area (TPSA) is 80.0 Å². The van der Waals surface area contributed by atoms with Crippen LogP contribution in [0.2, 0.25) is 0 Å². The molecule has 0 atom stereocenters. The molecule has 1 aromatic heterocycles. The number of hydrogen-bond acceptors (Lipinski definition) is 4. The number of nitrogens with one attached hydrogen (secondary N) is 2. The van der Waals surface area contributed by atoms with Gasteiger partial charge in [-0.05, 0) is 55.3 Å². The van der Waals surface area contributed by atoms with Crippen LogP contribution in [0, 0.1) is 6.92 Å². The van der Waals surface area contributed by atoms with Gasteiger partial charge in [-0.2, -0.15) is 0 Å². The van der Waals surface area contributed by atoms with Crippen LogP contribution >= 0.6 is 0 Å². The maximum Gasteiger partial charge on any atom is 0.255 e. The molecule has 1 amide bonds. The lowest BCUT2D eigenvalue weighted by atomic mass is 10.0. The standard InChI is InChI=1S/C23H26N4O/c1-3-12-25-14-17-13-16(2)22(26-15-17)18-8-10-19(11-9-18)23(28)27-21-7-5-4-6-20(21)24/h4-11,13,15,25H,3,12,14,24H2,1-2H3,(H,27,28). The summed E-state index contributed by atoms with van der Waals surface area (Å²) in [6, 6.07) is 16.8. The molecule has 5 nitrogen and oxygen atoms in total. The van der Waals surface area contributed by atoms with Crippen molar-refractivity contribution in [3.63, 3.8) is 0 Å². The molecule has 3 rings (SSSR count). The summed E-state index contributed by atoms with van der Waals surface area (Å²) in [7, 11) is 0. The van der Waals surface area contributed by atoms with Gasteiger partial charge < -0.3 is 16.4 Å². The van der Waals surface area contributed by atoms with E-state index in [1.165, 1.54) is 5.56 Å². The van der Waals surface area contributed by atoms with Gasteiger partial charge in [0.2, 0.25) is 0 Å². The minimum atomic E-state index is -0.188. The van der Waals surface area contributed by atoms with Crippen molar-refractivity contribution in [3.05, 3.63) is 77.5 Å². The number of anilines is 2. The van der Waals surface area contributed by atoms with Crippen LogP contribution in [0.1, 0.15) is 34.8 Å². The van der Waals surface area contributed by atoms with E-state index in [2.05, 4.69) is 35.5 Å². The Balaban J connectivity index is 1.72. The molecule has 4 N–H and O–H groups in total. The van der Waals surface area contributed by atoms with E-state index in [0.717, 1.165) is 36.3 Å². The summed E-state index contributed by atoms with van der Waals surface area (Å²) in [6.45, 7) is 6.03. The van der Waals surface area contributed by atoms with Crippen molar-refractivity contribution >= 4 is 17.3 Å². The summed E-state index contributed by atoms with van der Waals surface area (Å²) in [5.74, 6) is -0.188. The number of hydrogen-bond donors (Lipinski definition) is 3. The van der Waals surface area contributed by atoms with Gasteiger partial charge in [-0.1, -0.05) is 37.3 Å². The summed E-state index contributed by atoms with van der Waals surface area (Å²) in [6.07, 6.45) is 3.02. The van der Waals surface area contributed by atoms with E-state index in [9.17, 15) is 4.79 Å². The van der Waals surface area contributed by atoms with Gasteiger partial charge in [-0.25, -0.2) is 0 Å². The number of pyridine rings is 1. The van der Waals surface area contributed by atoms with Crippen molar-refractivity contribution in [1.82, 2.24) is 10.3 Å². The van der Waals surface area contributed by atoms with Crippen molar-refractivity contribution < 1.29 is 4.79 Å². The Labute approximate surface area is 166 Å². The number of amides is 1. The monoisotopic (exact) mass is 374 g/mol.